The van der Waals surface area contributed by atoms with Gasteiger partial charge in [0.15, 0.2) is 0 Å². The first-order chi connectivity index (χ1) is 13.9. The number of hydrogen-bond donors (Lipinski definition) is 0. The first kappa shape index (κ1) is 20.1. The third-order valence-electron chi connectivity index (χ3n) is 5.09. The first-order valence-electron chi connectivity index (χ1n) is 9.25. The summed E-state index contributed by atoms with van der Waals surface area (Å²) >= 11 is 12.6. The normalized spacial score (nSPS) is 19.3. The Hall–Kier alpha value is -2.16. The zero-order valence-corrected chi connectivity index (χ0v) is 17.7. The number of nitro benzene ring substituents is 1. The van der Waals surface area contributed by atoms with E-state index in [0.29, 0.717) is 26.3 Å². The molecule has 1 aromatic carbocycles. The third kappa shape index (κ3) is 4.10. The summed E-state index contributed by atoms with van der Waals surface area (Å²) < 4.78 is 6.39. The number of carbonyl (C=O) groups excluding carboxylic acids is 1. The summed E-state index contributed by atoms with van der Waals surface area (Å²) in [5.74, 6) is 0.868. The lowest BCUT2D eigenvalue weighted by atomic mass is 9.94. The zero-order valence-electron chi connectivity index (χ0n) is 15.3. The number of halogens is 1. The van der Waals surface area contributed by atoms with Gasteiger partial charge in [0.1, 0.15) is 20.9 Å². The highest BCUT2D eigenvalue weighted by molar-refractivity contribution is 8.26. The van der Waals surface area contributed by atoms with Gasteiger partial charge in [0.05, 0.1) is 9.83 Å². The van der Waals surface area contributed by atoms with Crippen molar-refractivity contribution in [2.24, 2.45) is 0 Å². The Morgan fingerprint density at radius 1 is 1.24 bits per heavy atom. The molecule has 2 fully saturated rings. The number of nitrogens with zero attached hydrogens (tertiary/aromatic N) is 2. The van der Waals surface area contributed by atoms with E-state index in [0.717, 1.165) is 25.7 Å². The highest BCUT2D eigenvalue weighted by atomic mass is 35.5. The number of hydrogen-bond acceptors (Lipinski definition) is 6. The van der Waals surface area contributed by atoms with E-state index in [4.69, 9.17) is 28.2 Å². The number of nitro groups is 1. The van der Waals surface area contributed by atoms with Crippen LogP contribution in [0.3, 0.4) is 0 Å². The summed E-state index contributed by atoms with van der Waals surface area (Å²) in [6.07, 6.45) is 7.10. The summed E-state index contributed by atoms with van der Waals surface area (Å²) in [6, 6.07) is 8.10. The van der Waals surface area contributed by atoms with Crippen LogP contribution in [0.5, 0.6) is 0 Å². The van der Waals surface area contributed by atoms with Gasteiger partial charge in [0.2, 0.25) is 0 Å². The molecule has 1 aromatic heterocycles. The Kier molecular flexibility index (Phi) is 5.76. The molecule has 1 aliphatic carbocycles. The molecule has 29 heavy (non-hydrogen) atoms. The molecular formula is C20H17ClN2O4S2. The minimum absolute atomic E-state index is 0.0666. The molecule has 1 aliphatic heterocycles. The standard InChI is InChI=1S/C20H17ClN2O4S2/c21-15-8-6-12(10-16(15)23(25)26)17-9-7-14(27-17)11-18-19(24)22(20(28)29-18)13-4-2-1-3-5-13/h6-11,13H,1-5H2. The van der Waals surface area contributed by atoms with Crippen LogP contribution in [0.25, 0.3) is 17.4 Å². The highest BCUT2D eigenvalue weighted by Gasteiger charge is 2.37. The lowest BCUT2D eigenvalue weighted by Crippen LogP contribution is -2.39. The molecule has 0 N–H and O–H groups in total. The van der Waals surface area contributed by atoms with Crippen molar-refractivity contribution in [2.45, 2.75) is 38.1 Å². The van der Waals surface area contributed by atoms with Crippen LogP contribution < -0.4 is 0 Å². The molecule has 4 rings (SSSR count). The van der Waals surface area contributed by atoms with Gasteiger partial charge >= 0.3 is 0 Å². The second-order valence-corrected chi connectivity index (χ2v) is 9.05. The van der Waals surface area contributed by atoms with Gasteiger partial charge in [-0.3, -0.25) is 19.8 Å². The lowest BCUT2D eigenvalue weighted by Gasteiger charge is -2.29. The summed E-state index contributed by atoms with van der Waals surface area (Å²) in [5.41, 5.74) is 0.353. The molecule has 0 spiro atoms. The summed E-state index contributed by atoms with van der Waals surface area (Å²) in [5, 5.41) is 11.2. The van der Waals surface area contributed by atoms with Crippen molar-refractivity contribution in [2.75, 3.05) is 0 Å². The fourth-order valence-electron chi connectivity index (χ4n) is 3.65. The van der Waals surface area contributed by atoms with E-state index in [1.165, 1.54) is 30.3 Å². The van der Waals surface area contributed by atoms with Gasteiger partial charge in [-0.25, -0.2) is 0 Å². The van der Waals surface area contributed by atoms with Crippen LogP contribution in [-0.4, -0.2) is 26.1 Å². The molecule has 0 unspecified atom stereocenters. The lowest BCUT2D eigenvalue weighted by molar-refractivity contribution is -0.384. The second-order valence-electron chi connectivity index (χ2n) is 6.97. The van der Waals surface area contributed by atoms with Gasteiger partial charge in [0.25, 0.3) is 11.6 Å². The SMILES string of the molecule is O=C1C(=Cc2ccc(-c3ccc(Cl)c([N+](=O)[O-])c3)o2)SC(=S)N1C1CCCCC1. The maximum absolute atomic E-state index is 12.9. The summed E-state index contributed by atoms with van der Waals surface area (Å²) in [4.78, 5) is 25.7. The van der Waals surface area contributed by atoms with Gasteiger partial charge in [0, 0.05) is 23.7 Å². The first-order valence-corrected chi connectivity index (χ1v) is 10.9. The van der Waals surface area contributed by atoms with Crippen LogP contribution in [0.2, 0.25) is 5.02 Å². The average Bonchev–Trinajstić information content (AvgIpc) is 3.27. The average molecular weight is 449 g/mol. The Morgan fingerprint density at radius 3 is 2.72 bits per heavy atom. The van der Waals surface area contributed by atoms with Crippen molar-refractivity contribution >= 4 is 57.6 Å². The maximum atomic E-state index is 12.9. The van der Waals surface area contributed by atoms with Crippen molar-refractivity contribution in [1.29, 1.82) is 0 Å². The van der Waals surface area contributed by atoms with Gasteiger partial charge < -0.3 is 4.42 Å². The van der Waals surface area contributed by atoms with Crippen LogP contribution >= 0.6 is 35.6 Å². The zero-order chi connectivity index (χ0) is 20.5. The molecule has 1 amide bonds. The number of furan rings is 1. The van der Waals surface area contributed by atoms with E-state index in [2.05, 4.69) is 0 Å². The molecule has 2 aliphatic rings. The Morgan fingerprint density at radius 2 is 2.00 bits per heavy atom. The number of thiocarbonyl (C=S) groups is 1. The van der Waals surface area contributed by atoms with Crippen LogP contribution in [0.1, 0.15) is 37.9 Å². The molecule has 2 heterocycles. The van der Waals surface area contributed by atoms with Gasteiger partial charge in [-0.2, -0.15) is 0 Å². The van der Waals surface area contributed by atoms with Crippen molar-refractivity contribution in [3.63, 3.8) is 0 Å². The molecule has 0 radical (unpaired) electrons. The van der Waals surface area contributed by atoms with E-state index >= 15 is 0 Å². The van der Waals surface area contributed by atoms with Gasteiger partial charge in [-0.05, 0) is 37.1 Å². The molecule has 2 aromatic rings. The molecule has 1 saturated carbocycles. The number of benzene rings is 1. The van der Waals surface area contributed by atoms with E-state index in [9.17, 15) is 14.9 Å². The predicted molar refractivity (Wildman–Crippen MR) is 118 cm³/mol. The quantitative estimate of drug-likeness (QED) is 0.245. The van der Waals surface area contributed by atoms with Gasteiger partial charge in [-0.15, -0.1) is 0 Å². The van der Waals surface area contributed by atoms with E-state index in [1.807, 2.05) is 0 Å². The van der Waals surface area contributed by atoms with E-state index in [-0.39, 0.29) is 22.7 Å². The Labute approximate surface area is 182 Å². The van der Waals surface area contributed by atoms with Gasteiger partial charge in [-0.1, -0.05) is 54.8 Å². The number of carbonyl (C=O) groups is 1. The smallest absolute Gasteiger partial charge is 0.288 e. The largest absolute Gasteiger partial charge is 0.457 e. The molecule has 150 valence electrons. The number of amides is 1. The van der Waals surface area contributed by atoms with E-state index in [1.54, 1.807) is 29.2 Å². The predicted octanol–water partition coefficient (Wildman–Crippen LogP) is 6.04. The van der Waals surface area contributed by atoms with Crippen LogP contribution in [-0.2, 0) is 4.79 Å². The Balaban J connectivity index is 1.57. The fraction of sp³-hybridized carbons (Fsp3) is 0.300. The molecular weight excluding hydrogens is 432 g/mol. The van der Waals surface area contributed by atoms with Crippen molar-refractivity contribution < 1.29 is 14.1 Å². The number of thioether (sulfide) groups is 1. The van der Waals surface area contributed by atoms with Crippen LogP contribution in [0.4, 0.5) is 5.69 Å². The molecule has 1 saturated heterocycles. The highest BCUT2D eigenvalue weighted by Crippen LogP contribution is 2.38. The van der Waals surface area contributed by atoms with Crippen molar-refractivity contribution in [3.8, 4) is 11.3 Å². The van der Waals surface area contributed by atoms with E-state index < -0.39 is 4.92 Å². The summed E-state index contributed by atoms with van der Waals surface area (Å²) in [6.45, 7) is 0. The van der Waals surface area contributed by atoms with Crippen LogP contribution in [0, 0.1) is 10.1 Å². The number of rotatable bonds is 4. The van der Waals surface area contributed by atoms with Crippen molar-refractivity contribution in [1.82, 2.24) is 4.90 Å². The third-order valence-corrected chi connectivity index (χ3v) is 6.74. The topological polar surface area (TPSA) is 76.6 Å². The monoisotopic (exact) mass is 448 g/mol. The minimum atomic E-state index is -0.535. The van der Waals surface area contributed by atoms with Crippen molar-refractivity contribution in [3.05, 3.63) is 56.1 Å². The summed E-state index contributed by atoms with van der Waals surface area (Å²) in [7, 11) is 0. The van der Waals surface area contributed by atoms with Crippen LogP contribution in [0.15, 0.2) is 39.7 Å². The molecule has 0 bridgehead atoms. The maximum Gasteiger partial charge on any atom is 0.288 e. The molecule has 9 heteroatoms. The second kappa shape index (κ2) is 8.30. The Bertz CT molecular complexity index is 1030. The minimum Gasteiger partial charge on any atom is -0.457 e. The molecule has 0 atom stereocenters. The fourth-order valence-corrected chi connectivity index (χ4v) is 5.22. The molecule has 6 nitrogen and oxygen atoms in total.